The van der Waals surface area contributed by atoms with Crippen LogP contribution in [-0.2, 0) is 5.41 Å². The van der Waals surface area contributed by atoms with E-state index in [1.54, 1.807) is 0 Å². The van der Waals surface area contributed by atoms with Crippen LogP contribution in [0.25, 0.3) is 77.5 Å². The second-order valence-electron chi connectivity index (χ2n) is 18.8. The number of anilines is 3. The second-order valence-corrected chi connectivity index (χ2v) is 18.8. The minimum atomic E-state index is -0.539. The first-order chi connectivity index (χ1) is 35.7. The van der Waals surface area contributed by atoms with E-state index in [0.717, 1.165) is 28.2 Å². The largest absolute Gasteiger partial charge is 0.310 e. The summed E-state index contributed by atoms with van der Waals surface area (Å²) in [5.41, 5.74) is 22.2. The third-order valence-corrected chi connectivity index (χ3v) is 14.8. The Morgan fingerprint density at radius 1 is 0.222 bits per heavy atom. The average molecular weight is 916 g/mol. The van der Waals surface area contributed by atoms with Crippen LogP contribution in [0, 0.1) is 0 Å². The van der Waals surface area contributed by atoms with Crippen molar-refractivity contribution in [2.75, 3.05) is 4.90 Å². The normalized spacial score (nSPS) is 12.3. The quantitative estimate of drug-likeness (QED) is 0.132. The first-order valence-corrected chi connectivity index (χ1v) is 24.9. The van der Waals surface area contributed by atoms with Crippen LogP contribution < -0.4 is 4.90 Å². The number of hydrogen-bond acceptors (Lipinski definition) is 1. The number of nitrogens with zero attached hydrogens (tertiary/aromatic N) is 1. The summed E-state index contributed by atoms with van der Waals surface area (Å²) < 4.78 is 0. The predicted octanol–water partition coefficient (Wildman–Crippen LogP) is 19.0. The van der Waals surface area contributed by atoms with Gasteiger partial charge < -0.3 is 4.90 Å². The maximum absolute atomic E-state index is 2.47. The lowest BCUT2D eigenvalue weighted by atomic mass is 9.67. The smallest absolute Gasteiger partial charge is 0.0714 e. The zero-order chi connectivity index (χ0) is 47.8. The summed E-state index contributed by atoms with van der Waals surface area (Å²) >= 11 is 0. The van der Waals surface area contributed by atoms with E-state index < -0.39 is 5.41 Å². The van der Waals surface area contributed by atoms with Crippen LogP contribution in [0.4, 0.5) is 17.1 Å². The second kappa shape index (κ2) is 18.2. The van der Waals surface area contributed by atoms with Crippen molar-refractivity contribution in [1.29, 1.82) is 0 Å². The van der Waals surface area contributed by atoms with E-state index in [0.29, 0.717) is 0 Å². The van der Waals surface area contributed by atoms with Gasteiger partial charge in [-0.25, -0.2) is 0 Å². The summed E-state index contributed by atoms with van der Waals surface area (Å²) in [5, 5.41) is 2.46. The molecule has 0 radical (unpaired) electrons. The molecule has 0 unspecified atom stereocenters. The van der Waals surface area contributed by atoms with Crippen molar-refractivity contribution in [2.24, 2.45) is 0 Å². The van der Waals surface area contributed by atoms with E-state index in [4.69, 9.17) is 0 Å². The Balaban J connectivity index is 1.01. The third-order valence-electron chi connectivity index (χ3n) is 14.8. The number of benzene rings is 12. The van der Waals surface area contributed by atoms with Gasteiger partial charge in [0, 0.05) is 17.1 Å². The lowest BCUT2D eigenvalue weighted by Gasteiger charge is -2.35. The van der Waals surface area contributed by atoms with E-state index in [1.807, 2.05) is 0 Å². The first kappa shape index (κ1) is 42.8. The van der Waals surface area contributed by atoms with Crippen molar-refractivity contribution < 1.29 is 0 Å². The molecule has 1 nitrogen and oxygen atoms in total. The van der Waals surface area contributed by atoms with Gasteiger partial charge in [0.25, 0.3) is 0 Å². The molecule has 12 aromatic carbocycles. The molecule has 0 bridgehead atoms. The molecule has 0 amide bonds. The molecule has 0 spiro atoms. The van der Waals surface area contributed by atoms with Gasteiger partial charge in [0.1, 0.15) is 0 Å². The van der Waals surface area contributed by atoms with Gasteiger partial charge in [-0.1, -0.05) is 255 Å². The highest BCUT2D eigenvalue weighted by atomic mass is 15.1. The molecule has 1 aliphatic carbocycles. The van der Waals surface area contributed by atoms with Crippen LogP contribution >= 0.6 is 0 Å². The van der Waals surface area contributed by atoms with E-state index in [2.05, 4.69) is 302 Å². The number of rotatable bonds is 10. The molecule has 12 aromatic rings. The van der Waals surface area contributed by atoms with Gasteiger partial charge in [-0.3, -0.25) is 0 Å². The van der Waals surface area contributed by atoms with Gasteiger partial charge in [0.15, 0.2) is 0 Å². The van der Waals surface area contributed by atoms with Crippen molar-refractivity contribution in [3.05, 3.63) is 320 Å². The van der Waals surface area contributed by atoms with Crippen LogP contribution in [0.3, 0.4) is 0 Å². The van der Waals surface area contributed by atoms with Crippen LogP contribution in [0.15, 0.2) is 297 Å². The number of hydrogen-bond donors (Lipinski definition) is 0. The maximum atomic E-state index is 2.47. The average Bonchev–Trinajstić information content (AvgIpc) is 3.76. The maximum Gasteiger partial charge on any atom is 0.0714 e. The van der Waals surface area contributed by atoms with Crippen molar-refractivity contribution in [2.45, 2.75) is 5.41 Å². The van der Waals surface area contributed by atoms with E-state index >= 15 is 0 Å². The highest BCUT2D eigenvalue weighted by Gasteiger charge is 2.46. The fourth-order valence-corrected chi connectivity index (χ4v) is 11.5. The van der Waals surface area contributed by atoms with Crippen molar-refractivity contribution in [3.63, 3.8) is 0 Å². The molecule has 0 aromatic heterocycles. The molecule has 72 heavy (non-hydrogen) atoms. The van der Waals surface area contributed by atoms with Crippen molar-refractivity contribution >= 4 is 27.8 Å². The van der Waals surface area contributed by atoms with Crippen LogP contribution in [0.2, 0.25) is 0 Å². The summed E-state index contributed by atoms with van der Waals surface area (Å²) in [6.45, 7) is 0. The van der Waals surface area contributed by atoms with Gasteiger partial charge in [-0.2, -0.15) is 0 Å². The minimum Gasteiger partial charge on any atom is -0.310 e. The van der Waals surface area contributed by atoms with Crippen LogP contribution in [-0.4, -0.2) is 0 Å². The van der Waals surface area contributed by atoms with Crippen molar-refractivity contribution in [1.82, 2.24) is 0 Å². The number of fused-ring (bicyclic) bond motifs is 4. The van der Waals surface area contributed by atoms with Gasteiger partial charge >= 0.3 is 0 Å². The SMILES string of the molecule is c1ccc(-c2ccccc2-c2c(-c3ccccc3)cccc2-c2ccc(N(c3cccc(-c4ccc5ccccc5c4)c3)c3ccc4c(c3)C(c3ccccc3)(c3ccccc3)c3ccccc3-4)cc2)cc1. The molecule has 0 saturated heterocycles. The molecular weight excluding hydrogens is 867 g/mol. The lowest BCUT2D eigenvalue weighted by Crippen LogP contribution is -2.28. The molecule has 0 N–H and O–H groups in total. The highest BCUT2D eigenvalue weighted by Crippen LogP contribution is 2.57. The summed E-state index contributed by atoms with van der Waals surface area (Å²) in [5.74, 6) is 0. The Hall–Kier alpha value is -9.30. The Bertz CT molecular complexity index is 3860. The molecule has 0 atom stereocenters. The summed E-state index contributed by atoms with van der Waals surface area (Å²) in [6.07, 6.45) is 0. The fraction of sp³-hybridized carbons (Fsp3) is 0.0141. The molecule has 1 aliphatic rings. The molecular formula is C71H49N. The standard InChI is InChI=1S/C71H49N/c1-5-22-51(23-6-1)62-33-15-16-35-67(62)70-63(52-24-7-2-8-25-52)36-20-37-64(70)53-41-43-59(44-42-53)72(60-32-19-27-55(48-60)56-40-39-50-21-13-14-26-54(50)47-56)61-45-46-66-65-34-17-18-38-68(65)71(69(66)49-61,57-28-9-3-10-29-57)58-30-11-4-12-31-58/h1-49H. The Morgan fingerprint density at radius 2 is 0.667 bits per heavy atom. The highest BCUT2D eigenvalue weighted by molar-refractivity contribution is 6.00. The minimum absolute atomic E-state index is 0.539. The third kappa shape index (κ3) is 7.34. The monoisotopic (exact) mass is 915 g/mol. The predicted molar refractivity (Wildman–Crippen MR) is 303 cm³/mol. The van der Waals surface area contributed by atoms with Gasteiger partial charge in [-0.05, 0) is 142 Å². The summed E-state index contributed by atoms with van der Waals surface area (Å²) in [6, 6.07) is 109. The molecule has 0 saturated carbocycles. The van der Waals surface area contributed by atoms with E-state index in [-0.39, 0.29) is 0 Å². The molecule has 1 heteroatoms. The topological polar surface area (TPSA) is 3.24 Å². The fourth-order valence-electron chi connectivity index (χ4n) is 11.5. The molecule has 13 rings (SSSR count). The van der Waals surface area contributed by atoms with E-state index in [1.165, 1.54) is 88.7 Å². The summed E-state index contributed by atoms with van der Waals surface area (Å²) in [4.78, 5) is 2.45. The van der Waals surface area contributed by atoms with E-state index in [9.17, 15) is 0 Å². The van der Waals surface area contributed by atoms with Crippen LogP contribution in [0.5, 0.6) is 0 Å². The van der Waals surface area contributed by atoms with Gasteiger partial charge in [0.2, 0.25) is 0 Å². The van der Waals surface area contributed by atoms with Gasteiger partial charge in [0.05, 0.1) is 5.41 Å². The molecule has 0 heterocycles. The Labute approximate surface area is 422 Å². The Kier molecular flexibility index (Phi) is 10.8. The van der Waals surface area contributed by atoms with Crippen molar-refractivity contribution in [3.8, 4) is 66.8 Å². The van der Waals surface area contributed by atoms with Gasteiger partial charge in [-0.15, -0.1) is 0 Å². The zero-order valence-electron chi connectivity index (χ0n) is 39.7. The molecule has 0 aliphatic heterocycles. The zero-order valence-corrected chi connectivity index (χ0v) is 39.7. The molecule has 338 valence electrons. The molecule has 0 fully saturated rings. The lowest BCUT2D eigenvalue weighted by molar-refractivity contribution is 0.768. The first-order valence-electron chi connectivity index (χ1n) is 24.9. The van der Waals surface area contributed by atoms with Crippen LogP contribution in [0.1, 0.15) is 22.3 Å². The Morgan fingerprint density at radius 3 is 1.35 bits per heavy atom. The summed E-state index contributed by atoms with van der Waals surface area (Å²) in [7, 11) is 0.